The van der Waals surface area contributed by atoms with Crippen molar-refractivity contribution in [3.63, 3.8) is 0 Å². The average molecular weight is 421 g/mol. The van der Waals surface area contributed by atoms with E-state index >= 15 is 0 Å². The molecule has 0 aliphatic heterocycles. The second kappa shape index (κ2) is 8.79. The van der Waals surface area contributed by atoms with Gasteiger partial charge in [-0.25, -0.2) is 9.78 Å². The second-order valence-corrected chi connectivity index (χ2v) is 7.06. The molecule has 0 bridgehead atoms. The summed E-state index contributed by atoms with van der Waals surface area (Å²) >= 11 is 1.34. The first-order valence-electron chi connectivity index (χ1n) is 9.27. The van der Waals surface area contributed by atoms with Crippen molar-refractivity contribution in [2.45, 2.75) is 6.92 Å². The molecular weight excluding hydrogens is 402 g/mol. The lowest BCUT2D eigenvalue weighted by Gasteiger charge is -2.10. The summed E-state index contributed by atoms with van der Waals surface area (Å²) in [5, 5.41) is 7.42. The van der Waals surface area contributed by atoms with E-state index in [1.807, 2.05) is 43.3 Å². The first-order valence-corrected chi connectivity index (χ1v) is 10.1. The molecule has 1 N–H and O–H groups in total. The number of ether oxygens (including phenoxy) is 2. The van der Waals surface area contributed by atoms with Crippen molar-refractivity contribution in [2.24, 2.45) is 5.10 Å². The van der Waals surface area contributed by atoms with Crippen molar-refractivity contribution in [1.82, 2.24) is 4.98 Å². The summed E-state index contributed by atoms with van der Waals surface area (Å²) in [6, 6.07) is 14.7. The lowest BCUT2D eigenvalue weighted by atomic mass is 10.1. The number of hydrogen-bond donors (Lipinski definition) is 1. The zero-order valence-corrected chi connectivity index (χ0v) is 17.2. The Morgan fingerprint density at radius 3 is 2.93 bits per heavy atom. The molecule has 0 fully saturated rings. The molecule has 4 aromatic rings. The van der Waals surface area contributed by atoms with Gasteiger partial charge in [-0.1, -0.05) is 24.3 Å². The molecule has 30 heavy (non-hydrogen) atoms. The number of methoxy groups -OCH3 is 1. The topological polar surface area (TPSA) is 86.0 Å². The largest absolute Gasteiger partial charge is 0.492 e. The Morgan fingerprint density at radius 1 is 1.23 bits per heavy atom. The Kier molecular flexibility index (Phi) is 5.76. The number of nitrogens with one attached hydrogen (secondary N) is 1. The zero-order chi connectivity index (χ0) is 20.9. The van der Waals surface area contributed by atoms with E-state index < -0.39 is 5.63 Å². The van der Waals surface area contributed by atoms with Gasteiger partial charge in [-0.3, -0.25) is 5.43 Å². The highest BCUT2D eigenvalue weighted by atomic mass is 32.1. The number of aromatic nitrogens is 1. The number of fused-ring (bicyclic) bond motifs is 1. The third-order valence-electron chi connectivity index (χ3n) is 4.30. The fourth-order valence-corrected chi connectivity index (χ4v) is 3.63. The molecular formula is C22H19N3O4S. The molecule has 2 aromatic heterocycles. The summed E-state index contributed by atoms with van der Waals surface area (Å²) < 4.78 is 16.4. The minimum absolute atomic E-state index is 0.410. The van der Waals surface area contributed by atoms with E-state index in [0.717, 1.165) is 10.9 Å². The molecule has 4 rings (SSSR count). The lowest BCUT2D eigenvalue weighted by Crippen LogP contribution is -2.03. The van der Waals surface area contributed by atoms with Crippen LogP contribution in [0.1, 0.15) is 12.5 Å². The summed E-state index contributed by atoms with van der Waals surface area (Å²) in [6.45, 7) is 2.46. The van der Waals surface area contributed by atoms with Crippen LogP contribution in [0.3, 0.4) is 0 Å². The lowest BCUT2D eigenvalue weighted by molar-refractivity contribution is 0.311. The highest BCUT2D eigenvalue weighted by Gasteiger charge is 2.12. The molecule has 0 saturated heterocycles. The van der Waals surface area contributed by atoms with Gasteiger partial charge in [0.1, 0.15) is 5.58 Å². The SMILES string of the molecule is CCOc1cccc(/C=N/Nc2nc(-c3cc4ccccc4oc3=O)cs2)c1OC. The third kappa shape index (κ3) is 4.04. The van der Waals surface area contributed by atoms with Crippen LogP contribution in [0.15, 0.2) is 68.2 Å². The highest BCUT2D eigenvalue weighted by Crippen LogP contribution is 2.30. The van der Waals surface area contributed by atoms with Gasteiger partial charge in [-0.05, 0) is 31.2 Å². The minimum atomic E-state index is -0.425. The van der Waals surface area contributed by atoms with Crippen LogP contribution in [0.2, 0.25) is 0 Å². The van der Waals surface area contributed by atoms with Gasteiger partial charge in [0.2, 0.25) is 5.13 Å². The zero-order valence-electron chi connectivity index (χ0n) is 16.4. The van der Waals surface area contributed by atoms with E-state index in [2.05, 4.69) is 15.5 Å². The molecule has 0 atom stereocenters. The van der Waals surface area contributed by atoms with Crippen LogP contribution in [0.25, 0.3) is 22.2 Å². The molecule has 0 saturated carbocycles. The minimum Gasteiger partial charge on any atom is -0.492 e. The molecule has 0 amide bonds. The maximum absolute atomic E-state index is 12.3. The number of nitrogens with zero attached hydrogens (tertiary/aromatic N) is 2. The van der Waals surface area contributed by atoms with E-state index in [0.29, 0.717) is 40.1 Å². The highest BCUT2D eigenvalue weighted by molar-refractivity contribution is 7.14. The van der Waals surface area contributed by atoms with Gasteiger partial charge in [0.25, 0.3) is 0 Å². The number of thiazole rings is 1. The van der Waals surface area contributed by atoms with Gasteiger partial charge in [-0.15, -0.1) is 11.3 Å². The van der Waals surface area contributed by atoms with E-state index in [1.165, 1.54) is 11.3 Å². The number of para-hydroxylation sites is 2. The van der Waals surface area contributed by atoms with Gasteiger partial charge < -0.3 is 13.9 Å². The van der Waals surface area contributed by atoms with Crippen LogP contribution < -0.4 is 20.5 Å². The van der Waals surface area contributed by atoms with E-state index in [4.69, 9.17) is 13.9 Å². The Bertz CT molecular complexity index is 1260. The quantitative estimate of drug-likeness (QED) is 0.263. The van der Waals surface area contributed by atoms with Crippen molar-refractivity contribution in [1.29, 1.82) is 0 Å². The first-order chi connectivity index (χ1) is 14.7. The molecule has 7 nitrogen and oxygen atoms in total. The van der Waals surface area contributed by atoms with Crippen LogP contribution in [0.5, 0.6) is 11.5 Å². The molecule has 0 aliphatic rings. The van der Waals surface area contributed by atoms with Crippen molar-refractivity contribution in [2.75, 3.05) is 19.1 Å². The van der Waals surface area contributed by atoms with Gasteiger partial charge in [0, 0.05) is 16.3 Å². The number of anilines is 1. The van der Waals surface area contributed by atoms with Crippen molar-refractivity contribution < 1.29 is 13.9 Å². The second-order valence-electron chi connectivity index (χ2n) is 6.20. The average Bonchev–Trinajstić information content (AvgIpc) is 3.22. The molecule has 8 heteroatoms. The molecule has 0 spiro atoms. The number of rotatable bonds is 7. The summed E-state index contributed by atoms with van der Waals surface area (Å²) in [5.41, 5.74) is 4.73. The monoisotopic (exact) mass is 421 g/mol. The predicted octanol–water partition coefficient (Wildman–Crippen LogP) is 4.77. The van der Waals surface area contributed by atoms with Gasteiger partial charge in [0.15, 0.2) is 11.5 Å². The van der Waals surface area contributed by atoms with Crippen LogP contribution >= 0.6 is 11.3 Å². The van der Waals surface area contributed by atoms with Crippen molar-refractivity contribution in [3.05, 3.63) is 69.9 Å². The molecule has 0 aliphatic carbocycles. The molecule has 0 radical (unpaired) electrons. The van der Waals surface area contributed by atoms with E-state index in [9.17, 15) is 4.79 Å². The normalized spacial score (nSPS) is 11.1. The standard InChI is InChI=1S/C22H19N3O4S/c1-3-28-19-10-6-8-15(20(19)27-2)12-23-25-22-24-17(13-30-22)16-11-14-7-4-5-9-18(14)29-21(16)26/h4-13H,3H2,1-2H3,(H,24,25)/b23-12+. The number of benzene rings is 2. The molecule has 2 aromatic carbocycles. The van der Waals surface area contributed by atoms with Crippen LogP contribution in [0.4, 0.5) is 5.13 Å². The van der Waals surface area contributed by atoms with E-state index in [-0.39, 0.29) is 0 Å². The van der Waals surface area contributed by atoms with Gasteiger partial charge in [-0.2, -0.15) is 5.10 Å². The fourth-order valence-electron chi connectivity index (χ4n) is 2.97. The first kappa shape index (κ1) is 19.7. The predicted molar refractivity (Wildman–Crippen MR) is 119 cm³/mol. The van der Waals surface area contributed by atoms with Crippen molar-refractivity contribution >= 4 is 33.7 Å². The Balaban J connectivity index is 1.54. The molecule has 0 unspecified atom stereocenters. The van der Waals surface area contributed by atoms with Crippen LogP contribution in [-0.2, 0) is 0 Å². The number of hydrogen-bond acceptors (Lipinski definition) is 8. The summed E-state index contributed by atoms with van der Waals surface area (Å²) in [5.74, 6) is 1.27. The number of hydrazone groups is 1. The Labute approximate surface area is 176 Å². The molecule has 2 heterocycles. The summed E-state index contributed by atoms with van der Waals surface area (Å²) in [6.07, 6.45) is 1.63. The van der Waals surface area contributed by atoms with Crippen LogP contribution in [0, 0.1) is 0 Å². The maximum Gasteiger partial charge on any atom is 0.345 e. The Hall–Kier alpha value is -3.65. The third-order valence-corrected chi connectivity index (χ3v) is 5.05. The Morgan fingerprint density at radius 2 is 2.10 bits per heavy atom. The van der Waals surface area contributed by atoms with Gasteiger partial charge >= 0.3 is 5.63 Å². The maximum atomic E-state index is 12.3. The smallest absolute Gasteiger partial charge is 0.345 e. The molecule has 152 valence electrons. The van der Waals surface area contributed by atoms with E-state index in [1.54, 1.807) is 30.8 Å². The van der Waals surface area contributed by atoms with Crippen LogP contribution in [-0.4, -0.2) is 24.9 Å². The van der Waals surface area contributed by atoms with Gasteiger partial charge in [0.05, 0.1) is 31.2 Å². The summed E-state index contributed by atoms with van der Waals surface area (Å²) in [4.78, 5) is 16.8. The summed E-state index contributed by atoms with van der Waals surface area (Å²) in [7, 11) is 1.59. The fraction of sp³-hybridized carbons (Fsp3) is 0.136. The van der Waals surface area contributed by atoms with Crippen molar-refractivity contribution in [3.8, 4) is 22.8 Å².